The van der Waals surface area contributed by atoms with Crippen LogP contribution in [-0.2, 0) is 6.42 Å². The van der Waals surface area contributed by atoms with Crippen LogP contribution in [-0.4, -0.2) is 12.9 Å². The number of hydrogen-bond donors (Lipinski definition) is 0. The molecule has 2 nitrogen and oxygen atoms in total. The van der Waals surface area contributed by atoms with E-state index in [4.69, 9.17) is 4.74 Å². The highest BCUT2D eigenvalue weighted by Gasteiger charge is 2.15. The Morgan fingerprint density at radius 2 is 2.33 bits per heavy atom. The van der Waals surface area contributed by atoms with Crippen LogP contribution in [0.4, 0.5) is 0 Å². The number of hydrogen-bond acceptors (Lipinski definition) is 2. The molecule has 2 heteroatoms. The van der Waals surface area contributed by atoms with Gasteiger partial charge >= 0.3 is 0 Å². The van der Waals surface area contributed by atoms with Crippen molar-refractivity contribution >= 4 is 6.29 Å². The summed E-state index contributed by atoms with van der Waals surface area (Å²) in [7, 11) is 0. The van der Waals surface area contributed by atoms with Gasteiger partial charge in [0.15, 0.2) is 0 Å². The summed E-state index contributed by atoms with van der Waals surface area (Å²) in [6, 6.07) is 3.83. The van der Waals surface area contributed by atoms with Crippen molar-refractivity contribution in [3.63, 3.8) is 0 Å². The highest BCUT2D eigenvalue weighted by atomic mass is 16.5. The Morgan fingerprint density at radius 1 is 1.50 bits per heavy atom. The first-order valence-electron chi connectivity index (χ1n) is 4.03. The van der Waals surface area contributed by atoms with E-state index in [-0.39, 0.29) is 0 Å². The van der Waals surface area contributed by atoms with E-state index in [0.29, 0.717) is 0 Å². The normalized spacial score (nSPS) is 13.8. The molecule has 0 unspecified atom stereocenters. The molecule has 0 amide bonds. The largest absolute Gasteiger partial charge is 0.493 e. The molecule has 12 heavy (non-hydrogen) atoms. The lowest BCUT2D eigenvalue weighted by molar-refractivity contribution is 0.112. The van der Waals surface area contributed by atoms with Gasteiger partial charge in [-0.15, -0.1) is 0 Å². The summed E-state index contributed by atoms with van der Waals surface area (Å²) in [6.07, 6.45) is 1.84. The average molecular weight is 162 g/mol. The Morgan fingerprint density at radius 3 is 3.08 bits per heavy atom. The fourth-order valence-electron chi connectivity index (χ4n) is 1.55. The molecule has 0 saturated heterocycles. The van der Waals surface area contributed by atoms with Crippen LogP contribution in [0.25, 0.3) is 0 Å². The molecule has 0 aliphatic carbocycles. The number of fused-ring (bicyclic) bond motifs is 1. The third-order valence-corrected chi connectivity index (χ3v) is 2.27. The number of carbonyl (C=O) groups excluding carboxylic acids is 1. The molecule has 1 aromatic carbocycles. The van der Waals surface area contributed by atoms with Gasteiger partial charge in [-0.3, -0.25) is 4.79 Å². The van der Waals surface area contributed by atoms with Crippen LogP contribution in [0, 0.1) is 6.92 Å². The first-order chi connectivity index (χ1) is 5.83. The molecular formula is C10H10O2. The summed E-state index contributed by atoms with van der Waals surface area (Å²) in [6.45, 7) is 2.67. The predicted molar refractivity (Wildman–Crippen MR) is 45.8 cm³/mol. The topological polar surface area (TPSA) is 26.3 Å². The maximum atomic E-state index is 10.6. The lowest BCUT2D eigenvalue weighted by atomic mass is 10.0. The molecule has 0 atom stereocenters. The highest BCUT2D eigenvalue weighted by Crippen LogP contribution is 2.30. The van der Waals surface area contributed by atoms with Crippen LogP contribution in [0.1, 0.15) is 21.5 Å². The maximum absolute atomic E-state index is 10.6. The molecule has 1 aliphatic rings. The molecular weight excluding hydrogens is 152 g/mol. The van der Waals surface area contributed by atoms with Crippen LogP contribution in [0.3, 0.4) is 0 Å². The van der Waals surface area contributed by atoms with Gasteiger partial charge in [-0.2, -0.15) is 0 Å². The number of aldehydes is 1. The zero-order valence-corrected chi connectivity index (χ0v) is 6.96. The van der Waals surface area contributed by atoms with Crippen LogP contribution >= 0.6 is 0 Å². The number of benzene rings is 1. The summed E-state index contributed by atoms with van der Waals surface area (Å²) in [4.78, 5) is 10.6. The molecule has 0 N–H and O–H groups in total. The van der Waals surface area contributed by atoms with Gasteiger partial charge in [0, 0.05) is 17.5 Å². The summed E-state index contributed by atoms with van der Waals surface area (Å²) >= 11 is 0. The minimum Gasteiger partial charge on any atom is -0.493 e. The monoisotopic (exact) mass is 162 g/mol. The fourth-order valence-corrected chi connectivity index (χ4v) is 1.55. The molecule has 0 saturated carbocycles. The molecule has 1 aliphatic heterocycles. The van der Waals surface area contributed by atoms with Crippen molar-refractivity contribution in [3.05, 3.63) is 28.8 Å². The molecule has 62 valence electrons. The first kappa shape index (κ1) is 7.35. The first-order valence-corrected chi connectivity index (χ1v) is 4.03. The molecule has 2 rings (SSSR count). The average Bonchev–Trinajstić information content (AvgIpc) is 2.53. The molecule has 0 spiro atoms. The summed E-state index contributed by atoms with van der Waals surface area (Å²) in [5.74, 6) is 0.916. The third kappa shape index (κ3) is 0.916. The van der Waals surface area contributed by atoms with Gasteiger partial charge in [-0.05, 0) is 12.5 Å². The molecule has 1 aromatic rings. The molecule has 0 fully saturated rings. The lowest BCUT2D eigenvalue weighted by Gasteiger charge is -2.04. The number of ether oxygens (including phenoxy) is 1. The standard InChI is InChI=1S/C10H10O2/c1-7-9(6-11)3-2-8-4-5-12-10(7)8/h2-3,6H,4-5H2,1H3. The number of carbonyl (C=O) groups is 1. The summed E-state index contributed by atoms with van der Waals surface area (Å²) in [5, 5.41) is 0. The van der Waals surface area contributed by atoms with Crippen molar-refractivity contribution in [2.24, 2.45) is 0 Å². The fraction of sp³-hybridized carbons (Fsp3) is 0.300. The van der Waals surface area contributed by atoms with Crippen molar-refractivity contribution in [1.29, 1.82) is 0 Å². The molecule has 0 aromatic heterocycles. The van der Waals surface area contributed by atoms with E-state index >= 15 is 0 Å². The third-order valence-electron chi connectivity index (χ3n) is 2.27. The van der Waals surface area contributed by atoms with E-state index in [1.165, 1.54) is 5.56 Å². The van der Waals surface area contributed by atoms with E-state index in [1.54, 1.807) is 0 Å². The van der Waals surface area contributed by atoms with Gasteiger partial charge in [0.1, 0.15) is 12.0 Å². The van der Waals surface area contributed by atoms with E-state index in [9.17, 15) is 4.79 Å². The smallest absolute Gasteiger partial charge is 0.150 e. The van der Waals surface area contributed by atoms with Crippen molar-refractivity contribution in [2.75, 3.05) is 6.61 Å². The van der Waals surface area contributed by atoms with Crippen LogP contribution in [0.5, 0.6) is 5.75 Å². The summed E-state index contributed by atoms with van der Waals surface area (Å²) in [5.41, 5.74) is 2.92. The number of rotatable bonds is 1. The highest BCUT2D eigenvalue weighted by molar-refractivity contribution is 5.79. The van der Waals surface area contributed by atoms with Gasteiger partial charge in [-0.1, -0.05) is 12.1 Å². The Hall–Kier alpha value is -1.31. The lowest BCUT2D eigenvalue weighted by Crippen LogP contribution is -1.91. The second kappa shape index (κ2) is 2.63. The van der Waals surface area contributed by atoms with Crippen molar-refractivity contribution < 1.29 is 9.53 Å². The predicted octanol–water partition coefficient (Wildman–Crippen LogP) is 1.74. The maximum Gasteiger partial charge on any atom is 0.150 e. The molecule has 1 heterocycles. The second-order valence-electron chi connectivity index (χ2n) is 2.98. The second-order valence-corrected chi connectivity index (χ2v) is 2.98. The molecule has 0 bridgehead atoms. The Labute approximate surface area is 71.2 Å². The van der Waals surface area contributed by atoms with Gasteiger partial charge in [0.25, 0.3) is 0 Å². The Balaban J connectivity index is 2.61. The zero-order chi connectivity index (χ0) is 8.55. The van der Waals surface area contributed by atoms with E-state index in [1.807, 2.05) is 19.1 Å². The quantitative estimate of drug-likeness (QED) is 0.588. The van der Waals surface area contributed by atoms with Gasteiger partial charge < -0.3 is 4.74 Å². The van der Waals surface area contributed by atoms with Crippen LogP contribution in [0.15, 0.2) is 12.1 Å². The van der Waals surface area contributed by atoms with Gasteiger partial charge in [0.05, 0.1) is 6.61 Å². The van der Waals surface area contributed by atoms with Crippen molar-refractivity contribution in [3.8, 4) is 5.75 Å². The van der Waals surface area contributed by atoms with E-state index in [0.717, 1.165) is 36.2 Å². The zero-order valence-electron chi connectivity index (χ0n) is 6.96. The molecule has 0 radical (unpaired) electrons. The Bertz CT molecular complexity index is 329. The van der Waals surface area contributed by atoms with Gasteiger partial charge in [0.2, 0.25) is 0 Å². The van der Waals surface area contributed by atoms with E-state index < -0.39 is 0 Å². The van der Waals surface area contributed by atoms with E-state index in [2.05, 4.69) is 0 Å². The SMILES string of the molecule is Cc1c(C=O)ccc2c1OCC2. The van der Waals surface area contributed by atoms with Crippen LogP contribution in [0.2, 0.25) is 0 Å². The van der Waals surface area contributed by atoms with Gasteiger partial charge in [-0.25, -0.2) is 0 Å². The van der Waals surface area contributed by atoms with Crippen molar-refractivity contribution in [1.82, 2.24) is 0 Å². The van der Waals surface area contributed by atoms with Crippen LogP contribution < -0.4 is 4.74 Å². The minimum atomic E-state index is 0.732. The summed E-state index contributed by atoms with van der Waals surface area (Å²) < 4.78 is 5.41. The van der Waals surface area contributed by atoms with Crippen molar-refractivity contribution in [2.45, 2.75) is 13.3 Å². The Kier molecular flexibility index (Phi) is 1.61. The minimum absolute atomic E-state index is 0.732.